The lowest BCUT2D eigenvalue weighted by Gasteiger charge is -2.42. The van der Waals surface area contributed by atoms with Crippen molar-refractivity contribution in [3.63, 3.8) is 0 Å². The van der Waals surface area contributed by atoms with E-state index >= 15 is 0 Å². The summed E-state index contributed by atoms with van der Waals surface area (Å²) >= 11 is 0. The van der Waals surface area contributed by atoms with E-state index < -0.39 is 39.5 Å². The van der Waals surface area contributed by atoms with Crippen LogP contribution in [0, 0.1) is 19.3 Å². The first-order chi connectivity index (χ1) is 22.5. The number of aliphatic carboxylic acids is 1. The molecule has 48 heavy (non-hydrogen) atoms. The first kappa shape index (κ1) is 35.3. The van der Waals surface area contributed by atoms with Crippen LogP contribution in [0.3, 0.4) is 0 Å². The number of rotatable bonds is 10. The molecule has 4 aromatic rings. The fraction of sp³-hybridized carbons (Fsp3) is 0.444. The number of benzene rings is 3. The number of carboxylic acid groups (broad SMARTS) is 1. The summed E-state index contributed by atoms with van der Waals surface area (Å²) in [5, 5.41) is 21.4. The number of carbonyl (C=O) groups excluding carboxylic acids is 1. The molecule has 0 bridgehead atoms. The lowest BCUT2D eigenvalue weighted by molar-refractivity contribution is -0.147. The molecule has 2 unspecified atom stereocenters. The van der Waals surface area contributed by atoms with Crippen LogP contribution in [0.2, 0.25) is 0 Å². The van der Waals surface area contributed by atoms with Crippen LogP contribution in [0.25, 0.3) is 11.0 Å². The van der Waals surface area contributed by atoms with Gasteiger partial charge in [0.25, 0.3) is 0 Å². The fourth-order valence-electron chi connectivity index (χ4n) is 6.40. The average Bonchev–Trinajstić information content (AvgIpc) is 3.42. The highest BCUT2D eigenvalue weighted by Crippen LogP contribution is 2.57. The molecule has 0 radical (unpaired) electrons. The summed E-state index contributed by atoms with van der Waals surface area (Å²) in [4.78, 5) is 26.5. The van der Waals surface area contributed by atoms with Gasteiger partial charge in [-0.1, -0.05) is 62.4 Å². The molecule has 0 saturated heterocycles. The van der Waals surface area contributed by atoms with Gasteiger partial charge in [-0.3, -0.25) is 13.9 Å². The first-order valence-corrected chi connectivity index (χ1v) is 17.8. The number of carboxylic acids is 1. The Morgan fingerprint density at radius 1 is 1.06 bits per heavy atom. The van der Waals surface area contributed by atoms with E-state index in [0.29, 0.717) is 30.2 Å². The second-order valence-electron chi connectivity index (χ2n) is 13.7. The SMILES string of the molecule is CCC1CN(Cc2cc(C(c3ccc4c(nnn4CC)c3C)C(C)(C)C(=O)NC(C)(C)C(=O)O)ccc2C)S(O)(O)c2ccccc2O1. The van der Waals surface area contributed by atoms with Crippen molar-refractivity contribution < 1.29 is 28.5 Å². The number of para-hydroxylation sites is 1. The molecule has 1 aliphatic rings. The van der Waals surface area contributed by atoms with Crippen LogP contribution in [-0.4, -0.2) is 63.6 Å². The van der Waals surface area contributed by atoms with E-state index in [0.717, 1.165) is 38.9 Å². The van der Waals surface area contributed by atoms with Gasteiger partial charge in [-0.25, -0.2) is 9.48 Å². The average molecular weight is 678 g/mol. The Bertz CT molecular complexity index is 1850. The third-order valence-corrected chi connectivity index (χ3v) is 11.5. The number of aromatic nitrogens is 3. The van der Waals surface area contributed by atoms with E-state index in [1.165, 1.54) is 13.8 Å². The van der Waals surface area contributed by atoms with Crippen molar-refractivity contribution in [2.75, 3.05) is 6.54 Å². The van der Waals surface area contributed by atoms with E-state index in [2.05, 4.69) is 15.6 Å². The lowest BCUT2D eigenvalue weighted by atomic mass is 9.69. The highest BCUT2D eigenvalue weighted by molar-refractivity contribution is 8.22. The van der Waals surface area contributed by atoms with Crippen molar-refractivity contribution >= 4 is 33.7 Å². The van der Waals surface area contributed by atoms with Gasteiger partial charge < -0.3 is 15.2 Å². The minimum Gasteiger partial charge on any atom is -0.487 e. The fourth-order valence-corrected chi connectivity index (χ4v) is 8.02. The van der Waals surface area contributed by atoms with Crippen LogP contribution in [0.5, 0.6) is 5.75 Å². The Morgan fingerprint density at radius 2 is 1.77 bits per heavy atom. The van der Waals surface area contributed by atoms with Crippen molar-refractivity contribution in [2.45, 2.75) is 97.4 Å². The van der Waals surface area contributed by atoms with Crippen LogP contribution in [0.1, 0.15) is 81.7 Å². The monoisotopic (exact) mass is 677 g/mol. The maximum atomic E-state index is 14.1. The normalized spacial score (nSPS) is 18.0. The molecule has 12 heteroatoms. The summed E-state index contributed by atoms with van der Waals surface area (Å²) < 4.78 is 33.1. The molecule has 1 amide bonds. The van der Waals surface area contributed by atoms with E-state index in [9.17, 15) is 23.8 Å². The summed E-state index contributed by atoms with van der Waals surface area (Å²) in [6.07, 6.45) is 0.434. The molecule has 0 spiro atoms. The van der Waals surface area contributed by atoms with Gasteiger partial charge >= 0.3 is 5.97 Å². The summed E-state index contributed by atoms with van der Waals surface area (Å²) in [7, 11) is -3.39. The molecule has 2 heterocycles. The molecule has 1 aliphatic heterocycles. The minimum atomic E-state index is -3.39. The Labute approximate surface area is 283 Å². The van der Waals surface area contributed by atoms with Gasteiger partial charge in [0.1, 0.15) is 27.8 Å². The first-order valence-electron chi connectivity index (χ1n) is 16.3. The Hall–Kier alpha value is -3.97. The quantitative estimate of drug-likeness (QED) is 0.141. The Morgan fingerprint density at radius 3 is 2.44 bits per heavy atom. The number of carbonyl (C=O) groups is 2. The molecular weight excluding hydrogens is 630 g/mol. The van der Waals surface area contributed by atoms with Crippen LogP contribution < -0.4 is 10.1 Å². The number of nitrogens with zero attached hydrogens (tertiary/aromatic N) is 4. The highest BCUT2D eigenvalue weighted by Gasteiger charge is 2.43. The Kier molecular flexibility index (Phi) is 9.68. The highest BCUT2D eigenvalue weighted by atomic mass is 32.3. The molecule has 3 aromatic carbocycles. The predicted molar refractivity (Wildman–Crippen MR) is 187 cm³/mol. The van der Waals surface area contributed by atoms with Crippen molar-refractivity contribution in [1.29, 1.82) is 0 Å². The molecule has 11 nitrogen and oxygen atoms in total. The van der Waals surface area contributed by atoms with Crippen LogP contribution >= 0.6 is 10.8 Å². The Balaban J connectivity index is 1.64. The lowest BCUT2D eigenvalue weighted by Crippen LogP contribution is -2.54. The molecule has 258 valence electrons. The van der Waals surface area contributed by atoms with Crippen molar-refractivity contribution in [2.24, 2.45) is 5.41 Å². The number of ether oxygens (including phenoxy) is 1. The van der Waals surface area contributed by atoms with Gasteiger partial charge in [0.2, 0.25) is 5.91 Å². The number of hydrogen-bond donors (Lipinski definition) is 4. The summed E-state index contributed by atoms with van der Waals surface area (Å²) in [6, 6.07) is 17.0. The molecule has 0 aliphatic carbocycles. The number of nitrogens with one attached hydrogen (secondary N) is 1. The maximum Gasteiger partial charge on any atom is 0.328 e. The molecule has 0 saturated carbocycles. The molecule has 2 atom stereocenters. The second-order valence-corrected chi connectivity index (χ2v) is 15.7. The minimum absolute atomic E-state index is 0.227. The van der Waals surface area contributed by atoms with Gasteiger partial charge in [-0.05, 0) is 87.1 Å². The van der Waals surface area contributed by atoms with Crippen molar-refractivity contribution in [3.8, 4) is 5.75 Å². The number of hydrogen-bond acceptors (Lipinski definition) is 8. The van der Waals surface area contributed by atoms with E-state index in [4.69, 9.17) is 4.74 Å². The third kappa shape index (κ3) is 6.41. The molecular formula is C36H47N5O6S. The van der Waals surface area contributed by atoms with Gasteiger partial charge in [0, 0.05) is 19.0 Å². The standard InChI is InChI=1S/C36H47N5O6S/c1-9-26-21-40(48(45,46)30-14-12-11-13-29(30)47-26)20-25-19-24(16-15-22(25)3)31(35(5,6)33(42)37-36(7,8)34(43)44)27-17-18-28-32(23(27)4)38-39-41(28)10-2/h11-19,26,31,45-46H,9-10,20-21H2,1-8H3,(H,37,42)(H,43,44). The molecule has 5 rings (SSSR count). The van der Waals surface area contributed by atoms with Crippen LogP contribution in [0.15, 0.2) is 59.5 Å². The maximum absolute atomic E-state index is 14.1. The zero-order valence-electron chi connectivity index (χ0n) is 28.9. The van der Waals surface area contributed by atoms with Crippen LogP contribution in [-0.2, 0) is 22.7 Å². The molecule has 0 fully saturated rings. The van der Waals surface area contributed by atoms with E-state index in [1.807, 2.05) is 82.6 Å². The van der Waals surface area contributed by atoms with Gasteiger partial charge in [-0.15, -0.1) is 15.9 Å². The second kappa shape index (κ2) is 13.1. The summed E-state index contributed by atoms with van der Waals surface area (Å²) in [5.74, 6) is -1.61. The summed E-state index contributed by atoms with van der Waals surface area (Å²) in [5.41, 5.74) is 3.37. The van der Waals surface area contributed by atoms with Crippen LogP contribution in [0.4, 0.5) is 0 Å². The molecule has 4 N–H and O–H groups in total. The number of aryl methyl sites for hydroxylation is 3. The van der Waals surface area contributed by atoms with E-state index in [-0.39, 0.29) is 12.6 Å². The van der Waals surface area contributed by atoms with Crippen molar-refractivity contribution in [1.82, 2.24) is 24.6 Å². The van der Waals surface area contributed by atoms with Gasteiger partial charge in [0.15, 0.2) is 0 Å². The number of amides is 1. The number of fused-ring (bicyclic) bond motifs is 2. The van der Waals surface area contributed by atoms with Crippen molar-refractivity contribution in [3.05, 3.63) is 82.4 Å². The predicted octanol–water partition coefficient (Wildman–Crippen LogP) is 6.90. The van der Waals surface area contributed by atoms with E-state index in [1.54, 1.807) is 22.5 Å². The molecule has 1 aromatic heterocycles. The largest absolute Gasteiger partial charge is 0.487 e. The van der Waals surface area contributed by atoms with Gasteiger partial charge in [-0.2, -0.15) is 4.31 Å². The smallest absolute Gasteiger partial charge is 0.328 e. The topological polar surface area (TPSA) is 150 Å². The van der Waals surface area contributed by atoms with Gasteiger partial charge in [0.05, 0.1) is 17.5 Å². The zero-order chi connectivity index (χ0) is 35.2. The third-order valence-electron chi connectivity index (χ3n) is 9.57. The summed E-state index contributed by atoms with van der Waals surface area (Å²) in [6.45, 7) is 15.7. The zero-order valence-corrected chi connectivity index (χ0v) is 29.8.